The molecule has 1 fully saturated rings. The van der Waals surface area contributed by atoms with E-state index < -0.39 is 10.0 Å². The van der Waals surface area contributed by atoms with Gasteiger partial charge in [0.1, 0.15) is 24.3 Å². The number of ether oxygens (including phenoxy) is 1. The Hall–Kier alpha value is -3.35. The van der Waals surface area contributed by atoms with Crippen LogP contribution in [0.1, 0.15) is 20.3 Å². The van der Waals surface area contributed by atoms with Crippen molar-refractivity contribution in [2.45, 2.75) is 37.3 Å². The Labute approximate surface area is 226 Å². The molecule has 0 spiro atoms. The third-order valence-corrected chi connectivity index (χ3v) is 7.82. The number of anilines is 5. The normalized spacial score (nSPS) is 15.8. The molecule has 1 aliphatic rings. The SMILES string of the molecule is [B]c1cnc(Nc2ccc(N3CC[C@H](N(C)C)C3)cc2OC(C)C)nc1Nc1ccccc1S(=O)(=O)NC. The van der Waals surface area contributed by atoms with Crippen molar-refractivity contribution in [1.29, 1.82) is 0 Å². The maximum atomic E-state index is 12.5. The molecule has 0 amide bonds. The van der Waals surface area contributed by atoms with Gasteiger partial charge in [-0.05, 0) is 71.1 Å². The molecule has 38 heavy (non-hydrogen) atoms. The third kappa shape index (κ3) is 6.37. The van der Waals surface area contributed by atoms with E-state index in [1.165, 1.54) is 19.3 Å². The van der Waals surface area contributed by atoms with Crippen molar-refractivity contribution in [3.05, 3.63) is 48.7 Å². The standard InChI is InChI=1S/C26H34BN7O3S/c1-17(2)37-23-14-18(34-13-12-19(16-34)33(4)5)10-11-21(23)31-26-29-15-20(27)25(32-26)30-22-8-6-7-9-24(22)38(35,36)28-3/h6-11,14-15,17,19,28H,12-13,16H2,1-5H3,(H2,29,30,31,32)/t19-/m0/s1. The summed E-state index contributed by atoms with van der Waals surface area (Å²) >= 11 is 0. The van der Waals surface area contributed by atoms with Crippen LogP contribution in [0.2, 0.25) is 0 Å². The molecule has 0 aliphatic carbocycles. The van der Waals surface area contributed by atoms with E-state index in [9.17, 15) is 8.42 Å². The van der Waals surface area contributed by atoms with Crippen molar-refractivity contribution < 1.29 is 13.2 Å². The molecule has 0 bridgehead atoms. The summed E-state index contributed by atoms with van der Waals surface area (Å²) in [5, 5.41) is 6.27. The molecular weight excluding hydrogens is 501 g/mol. The lowest BCUT2D eigenvalue weighted by Gasteiger charge is -2.23. The van der Waals surface area contributed by atoms with E-state index in [-0.39, 0.29) is 28.2 Å². The quantitative estimate of drug-likeness (QED) is 0.338. The Bertz CT molecular complexity index is 1390. The number of benzene rings is 2. The molecule has 2 aromatic carbocycles. The van der Waals surface area contributed by atoms with Gasteiger partial charge in [0.15, 0.2) is 0 Å². The number of likely N-dealkylation sites (N-methyl/N-ethyl adjacent to an activating group) is 1. The highest BCUT2D eigenvalue weighted by Crippen LogP contribution is 2.34. The van der Waals surface area contributed by atoms with Crippen molar-refractivity contribution in [2.75, 3.05) is 49.8 Å². The first kappa shape index (κ1) is 27.7. The fraction of sp³-hybridized carbons (Fsp3) is 0.385. The van der Waals surface area contributed by atoms with Crippen LogP contribution in [0.15, 0.2) is 53.6 Å². The average molecular weight is 535 g/mol. The van der Waals surface area contributed by atoms with Gasteiger partial charge in [0.25, 0.3) is 0 Å². The highest BCUT2D eigenvalue weighted by molar-refractivity contribution is 7.89. The molecule has 1 aliphatic heterocycles. The zero-order valence-electron chi connectivity index (χ0n) is 22.4. The maximum absolute atomic E-state index is 12.5. The van der Waals surface area contributed by atoms with Crippen molar-refractivity contribution in [2.24, 2.45) is 0 Å². The second-order valence-corrected chi connectivity index (χ2v) is 11.5. The van der Waals surface area contributed by atoms with Gasteiger partial charge < -0.3 is 25.2 Å². The molecule has 2 radical (unpaired) electrons. The molecule has 1 saturated heterocycles. The number of hydrogen-bond donors (Lipinski definition) is 3. The zero-order valence-corrected chi connectivity index (χ0v) is 23.2. The Balaban J connectivity index is 1.60. The molecule has 1 aromatic heterocycles. The molecule has 0 unspecified atom stereocenters. The van der Waals surface area contributed by atoms with Gasteiger partial charge in [0, 0.05) is 37.1 Å². The Morgan fingerprint density at radius 2 is 1.89 bits per heavy atom. The minimum atomic E-state index is -3.69. The van der Waals surface area contributed by atoms with Gasteiger partial charge in [0.05, 0.1) is 17.5 Å². The van der Waals surface area contributed by atoms with Gasteiger partial charge in [0.2, 0.25) is 16.0 Å². The van der Waals surface area contributed by atoms with Crippen LogP contribution in [-0.2, 0) is 10.0 Å². The molecule has 4 rings (SSSR count). The third-order valence-electron chi connectivity index (χ3n) is 6.35. The van der Waals surface area contributed by atoms with Crippen molar-refractivity contribution in [1.82, 2.24) is 19.6 Å². The van der Waals surface area contributed by atoms with Gasteiger partial charge >= 0.3 is 0 Å². The number of aromatic nitrogens is 2. The summed E-state index contributed by atoms with van der Waals surface area (Å²) < 4.78 is 33.4. The summed E-state index contributed by atoms with van der Waals surface area (Å²) in [4.78, 5) is 13.5. The van der Waals surface area contributed by atoms with Gasteiger partial charge in [-0.25, -0.2) is 18.1 Å². The molecule has 10 nitrogen and oxygen atoms in total. The summed E-state index contributed by atoms with van der Waals surface area (Å²) in [5.74, 6) is 1.24. The van der Waals surface area contributed by atoms with Crippen LogP contribution < -0.4 is 30.5 Å². The van der Waals surface area contributed by atoms with Gasteiger partial charge in [-0.15, -0.1) is 0 Å². The Kier molecular flexibility index (Phi) is 8.44. The molecular formula is C26H34BN7O3S. The Morgan fingerprint density at radius 3 is 2.58 bits per heavy atom. The topological polar surface area (TPSA) is 112 Å². The number of nitrogens with one attached hydrogen (secondary N) is 3. The molecule has 0 saturated carbocycles. The van der Waals surface area contributed by atoms with E-state index in [0.29, 0.717) is 23.2 Å². The summed E-state index contributed by atoms with van der Waals surface area (Å²) in [5.41, 5.74) is 2.41. The van der Waals surface area contributed by atoms with E-state index in [2.05, 4.69) is 55.3 Å². The predicted molar refractivity (Wildman–Crippen MR) is 153 cm³/mol. The van der Waals surface area contributed by atoms with Crippen LogP contribution in [0.5, 0.6) is 5.75 Å². The fourth-order valence-corrected chi connectivity index (χ4v) is 5.16. The molecule has 3 aromatic rings. The predicted octanol–water partition coefficient (Wildman–Crippen LogP) is 2.59. The van der Waals surface area contributed by atoms with Crippen LogP contribution in [0, 0.1) is 0 Å². The Morgan fingerprint density at radius 1 is 1.13 bits per heavy atom. The van der Waals surface area contributed by atoms with E-state index in [0.717, 1.165) is 25.2 Å². The van der Waals surface area contributed by atoms with Gasteiger partial charge in [-0.1, -0.05) is 12.1 Å². The van der Waals surface area contributed by atoms with Crippen LogP contribution >= 0.6 is 0 Å². The van der Waals surface area contributed by atoms with E-state index in [1.807, 2.05) is 26.0 Å². The van der Waals surface area contributed by atoms with Crippen LogP contribution in [-0.4, -0.2) is 77.5 Å². The van der Waals surface area contributed by atoms with Crippen molar-refractivity contribution in [3.8, 4) is 5.75 Å². The fourth-order valence-electron chi connectivity index (χ4n) is 4.27. The average Bonchev–Trinajstić information content (AvgIpc) is 3.38. The van der Waals surface area contributed by atoms with E-state index >= 15 is 0 Å². The largest absolute Gasteiger partial charge is 0.489 e. The number of hydrogen-bond acceptors (Lipinski definition) is 9. The lowest BCUT2D eigenvalue weighted by molar-refractivity contribution is 0.244. The van der Waals surface area contributed by atoms with Crippen LogP contribution in [0.4, 0.5) is 28.8 Å². The number of nitrogens with zero attached hydrogens (tertiary/aromatic N) is 4. The van der Waals surface area contributed by atoms with E-state index in [4.69, 9.17) is 12.6 Å². The molecule has 200 valence electrons. The maximum Gasteiger partial charge on any atom is 0.242 e. The first-order valence-electron chi connectivity index (χ1n) is 12.5. The second-order valence-electron chi connectivity index (χ2n) is 9.65. The van der Waals surface area contributed by atoms with Gasteiger partial charge in [-0.3, -0.25) is 0 Å². The molecule has 1 atom stereocenters. The lowest BCUT2D eigenvalue weighted by atomic mass is 9.99. The second kappa shape index (κ2) is 11.6. The summed E-state index contributed by atoms with van der Waals surface area (Å²) in [7, 11) is 8.02. The summed E-state index contributed by atoms with van der Waals surface area (Å²) in [6.45, 7) is 5.90. The number of para-hydroxylation sites is 1. The molecule has 12 heteroatoms. The number of rotatable bonds is 10. The minimum absolute atomic E-state index is 0.0332. The van der Waals surface area contributed by atoms with Crippen molar-refractivity contribution >= 4 is 52.2 Å². The van der Waals surface area contributed by atoms with Crippen molar-refractivity contribution in [3.63, 3.8) is 0 Å². The smallest absolute Gasteiger partial charge is 0.242 e. The minimum Gasteiger partial charge on any atom is -0.489 e. The van der Waals surface area contributed by atoms with Gasteiger partial charge in [-0.2, -0.15) is 4.98 Å². The molecule has 3 N–H and O–H groups in total. The lowest BCUT2D eigenvalue weighted by Crippen LogP contribution is -2.31. The highest BCUT2D eigenvalue weighted by atomic mass is 32.2. The van der Waals surface area contributed by atoms with Crippen LogP contribution in [0.3, 0.4) is 0 Å². The molecule has 2 heterocycles. The first-order valence-corrected chi connectivity index (χ1v) is 14.0. The zero-order chi connectivity index (χ0) is 27.4. The van der Waals surface area contributed by atoms with Crippen LogP contribution in [0.25, 0.3) is 0 Å². The monoisotopic (exact) mass is 535 g/mol. The highest BCUT2D eigenvalue weighted by Gasteiger charge is 2.25. The van der Waals surface area contributed by atoms with E-state index in [1.54, 1.807) is 18.2 Å². The first-order chi connectivity index (χ1) is 18.1. The number of sulfonamides is 1. The summed E-state index contributed by atoms with van der Waals surface area (Å²) in [6, 6.07) is 13.1. The summed E-state index contributed by atoms with van der Waals surface area (Å²) in [6.07, 6.45) is 2.55.